The van der Waals surface area contributed by atoms with Gasteiger partial charge in [-0.1, -0.05) is 202 Å². The molecule has 270 valence electrons. The van der Waals surface area contributed by atoms with Gasteiger partial charge in [-0.15, -0.1) is 0 Å². The number of phenolic OH excluding ortho intramolecular Hbond substituents is 1. The van der Waals surface area contributed by atoms with E-state index >= 15 is 0 Å². The van der Waals surface area contributed by atoms with E-state index in [1.54, 1.807) is 11.1 Å². The average molecular weight is 641 g/mol. The lowest BCUT2D eigenvalue weighted by atomic mass is 9.73. The number of benzene rings is 1. The van der Waals surface area contributed by atoms with E-state index in [1.165, 1.54) is 198 Å². The lowest BCUT2D eigenvalue weighted by Crippen LogP contribution is -2.15. The van der Waals surface area contributed by atoms with E-state index in [-0.39, 0.29) is 0 Å². The predicted octanol–water partition coefficient (Wildman–Crippen LogP) is 16.5. The molecule has 0 aliphatic heterocycles. The molecule has 1 aromatic rings. The van der Waals surface area contributed by atoms with Crippen LogP contribution in [0.5, 0.6) is 5.75 Å². The van der Waals surface area contributed by atoms with Gasteiger partial charge in [-0.2, -0.15) is 0 Å². The highest BCUT2D eigenvalue weighted by Gasteiger charge is 2.29. The van der Waals surface area contributed by atoms with Crippen LogP contribution in [0.25, 0.3) is 0 Å². The van der Waals surface area contributed by atoms with Gasteiger partial charge < -0.3 is 5.11 Å². The smallest absolute Gasteiger partial charge is 0.119 e. The molecule has 0 aromatic heterocycles. The Morgan fingerprint density at radius 1 is 0.348 bits per heavy atom. The van der Waals surface area contributed by atoms with Crippen LogP contribution in [-0.2, 0) is 0 Å². The summed E-state index contributed by atoms with van der Waals surface area (Å²) in [6.07, 6.45) is 39.9. The van der Waals surface area contributed by atoms with Gasteiger partial charge in [0.2, 0.25) is 0 Å². The molecule has 0 fully saturated rings. The Morgan fingerprint density at radius 2 is 0.630 bits per heavy atom. The van der Waals surface area contributed by atoms with E-state index in [1.807, 2.05) is 0 Å². The summed E-state index contributed by atoms with van der Waals surface area (Å²) < 4.78 is 0. The van der Waals surface area contributed by atoms with Crippen LogP contribution in [-0.4, -0.2) is 5.11 Å². The van der Waals surface area contributed by atoms with Crippen LogP contribution < -0.4 is 0 Å². The topological polar surface area (TPSA) is 20.2 Å². The summed E-state index contributed by atoms with van der Waals surface area (Å²) in [4.78, 5) is 0. The van der Waals surface area contributed by atoms with Crippen molar-refractivity contribution in [3.05, 3.63) is 28.8 Å². The van der Waals surface area contributed by atoms with Crippen LogP contribution >= 0.6 is 0 Å². The SMILES string of the molecule is CCCCCCC(CCCCCC)c1ccc(O)c(C(CCCCCC)CCCCCC)c1C(CCCCCC)CCCCCC. The molecule has 0 aliphatic carbocycles. The average Bonchev–Trinajstić information content (AvgIpc) is 3.06. The zero-order chi connectivity index (χ0) is 33.7. The third-order valence-corrected chi connectivity index (χ3v) is 11.0. The van der Waals surface area contributed by atoms with Crippen LogP contribution in [0, 0.1) is 0 Å². The van der Waals surface area contributed by atoms with E-state index < -0.39 is 0 Å². The quantitative estimate of drug-likeness (QED) is 0.0758. The molecule has 0 amide bonds. The van der Waals surface area contributed by atoms with Gasteiger partial charge in [0.25, 0.3) is 0 Å². The Labute approximate surface area is 290 Å². The first-order valence-corrected chi connectivity index (χ1v) is 21.4. The summed E-state index contributed by atoms with van der Waals surface area (Å²) >= 11 is 0. The molecule has 46 heavy (non-hydrogen) atoms. The number of rotatable bonds is 33. The lowest BCUT2D eigenvalue weighted by molar-refractivity contribution is 0.422. The van der Waals surface area contributed by atoms with Crippen molar-refractivity contribution in [1.82, 2.24) is 0 Å². The number of hydrogen-bond donors (Lipinski definition) is 1. The molecule has 1 aromatic carbocycles. The van der Waals surface area contributed by atoms with Gasteiger partial charge in [0.15, 0.2) is 0 Å². The van der Waals surface area contributed by atoms with Crippen molar-refractivity contribution in [1.29, 1.82) is 0 Å². The fourth-order valence-corrected chi connectivity index (χ4v) is 8.11. The predicted molar refractivity (Wildman–Crippen MR) is 209 cm³/mol. The number of phenols is 1. The molecular formula is C45H84O. The van der Waals surface area contributed by atoms with Crippen molar-refractivity contribution in [3.63, 3.8) is 0 Å². The Morgan fingerprint density at radius 3 is 0.935 bits per heavy atom. The number of unbranched alkanes of at least 4 members (excludes halogenated alkanes) is 18. The Kier molecular flexibility index (Phi) is 28.2. The van der Waals surface area contributed by atoms with E-state index in [0.29, 0.717) is 23.5 Å². The van der Waals surface area contributed by atoms with Gasteiger partial charge in [0, 0.05) is 5.56 Å². The van der Waals surface area contributed by atoms with E-state index in [0.717, 1.165) is 0 Å². The maximum atomic E-state index is 11.9. The Bertz CT molecular complexity index is 760. The maximum Gasteiger partial charge on any atom is 0.119 e. The number of aromatic hydroxyl groups is 1. The lowest BCUT2D eigenvalue weighted by Gasteiger charge is -2.32. The minimum absolute atomic E-state index is 0.512. The van der Waals surface area contributed by atoms with Gasteiger partial charge in [0.05, 0.1) is 0 Å². The second kappa shape index (κ2) is 30.1. The molecule has 0 saturated carbocycles. The summed E-state index contributed by atoms with van der Waals surface area (Å²) in [6.45, 7) is 14.0. The van der Waals surface area contributed by atoms with Crippen LogP contribution in [0.2, 0.25) is 0 Å². The molecule has 0 aliphatic rings. The minimum atomic E-state index is 0.512. The molecule has 0 heterocycles. The molecule has 0 bridgehead atoms. The standard InChI is InChI=1S/C45H84O/c1-7-13-19-25-31-39(32-26-20-14-8-2)42-37-38-43(46)45(41(35-29-23-17-11-5)36-30-24-18-12-6)44(42)40(33-27-21-15-9-3)34-28-22-16-10-4/h37-41,46H,7-36H2,1-6H3. The van der Waals surface area contributed by atoms with Crippen LogP contribution in [0.15, 0.2) is 12.1 Å². The molecule has 0 saturated heterocycles. The van der Waals surface area contributed by atoms with Crippen molar-refractivity contribution >= 4 is 0 Å². The zero-order valence-corrected chi connectivity index (χ0v) is 32.5. The van der Waals surface area contributed by atoms with Crippen LogP contribution in [0.3, 0.4) is 0 Å². The van der Waals surface area contributed by atoms with E-state index in [9.17, 15) is 5.11 Å². The Balaban J connectivity index is 3.73. The second-order valence-electron chi connectivity index (χ2n) is 15.2. The third-order valence-electron chi connectivity index (χ3n) is 11.0. The van der Waals surface area contributed by atoms with Crippen molar-refractivity contribution < 1.29 is 5.11 Å². The fourth-order valence-electron chi connectivity index (χ4n) is 8.11. The molecule has 0 atom stereocenters. The third kappa shape index (κ3) is 18.5. The first-order chi connectivity index (χ1) is 22.6. The van der Waals surface area contributed by atoms with Crippen molar-refractivity contribution in [2.45, 2.75) is 252 Å². The van der Waals surface area contributed by atoms with E-state index in [2.05, 4.69) is 53.7 Å². The van der Waals surface area contributed by atoms with Gasteiger partial charge >= 0.3 is 0 Å². The van der Waals surface area contributed by atoms with Gasteiger partial charge in [0.1, 0.15) is 5.75 Å². The summed E-state index contributed by atoms with van der Waals surface area (Å²) in [5.74, 6) is 2.40. The Hall–Kier alpha value is -0.980. The normalized spacial score (nSPS) is 11.9. The monoisotopic (exact) mass is 641 g/mol. The molecule has 1 rings (SSSR count). The van der Waals surface area contributed by atoms with Crippen molar-refractivity contribution in [2.75, 3.05) is 0 Å². The highest BCUT2D eigenvalue weighted by Crippen LogP contribution is 2.47. The largest absolute Gasteiger partial charge is 0.508 e. The first-order valence-electron chi connectivity index (χ1n) is 21.4. The minimum Gasteiger partial charge on any atom is -0.508 e. The van der Waals surface area contributed by atoms with Crippen LogP contribution in [0.1, 0.15) is 269 Å². The summed E-state index contributed by atoms with van der Waals surface area (Å²) in [7, 11) is 0. The number of hydrogen-bond acceptors (Lipinski definition) is 1. The summed E-state index contributed by atoms with van der Waals surface area (Å²) in [6, 6.07) is 4.60. The second-order valence-corrected chi connectivity index (χ2v) is 15.2. The van der Waals surface area contributed by atoms with Crippen LogP contribution in [0.4, 0.5) is 0 Å². The highest BCUT2D eigenvalue weighted by molar-refractivity contribution is 5.50. The molecule has 0 unspecified atom stereocenters. The summed E-state index contributed by atoms with van der Waals surface area (Å²) in [5, 5.41) is 11.9. The molecule has 0 radical (unpaired) electrons. The molecular weight excluding hydrogens is 556 g/mol. The molecule has 1 heteroatoms. The fraction of sp³-hybridized carbons (Fsp3) is 0.867. The van der Waals surface area contributed by atoms with Gasteiger partial charge in [-0.3, -0.25) is 0 Å². The molecule has 0 spiro atoms. The van der Waals surface area contributed by atoms with E-state index in [4.69, 9.17) is 0 Å². The van der Waals surface area contributed by atoms with Gasteiger partial charge in [-0.25, -0.2) is 0 Å². The molecule has 1 N–H and O–H groups in total. The first kappa shape index (κ1) is 43.0. The zero-order valence-electron chi connectivity index (χ0n) is 32.5. The van der Waals surface area contributed by atoms with Gasteiger partial charge in [-0.05, 0) is 73.5 Å². The summed E-state index contributed by atoms with van der Waals surface area (Å²) in [5.41, 5.74) is 4.76. The molecule has 1 nitrogen and oxygen atoms in total. The van der Waals surface area contributed by atoms with Crippen molar-refractivity contribution in [3.8, 4) is 5.75 Å². The van der Waals surface area contributed by atoms with Crippen molar-refractivity contribution in [2.24, 2.45) is 0 Å². The highest BCUT2D eigenvalue weighted by atomic mass is 16.3. The maximum absolute atomic E-state index is 11.9.